The van der Waals surface area contributed by atoms with Gasteiger partial charge in [-0.15, -0.1) is 11.3 Å². The van der Waals surface area contributed by atoms with E-state index in [4.69, 9.17) is 10.5 Å². The summed E-state index contributed by atoms with van der Waals surface area (Å²) in [5, 5.41) is 2.16. The Labute approximate surface area is 107 Å². The molecule has 0 bridgehead atoms. The topological polar surface area (TPSA) is 65.2 Å². The zero-order chi connectivity index (χ0) is 13.1. The molecule has 2 N–H and O–H groups in total. The van der Waals surface area contributed by atoms with E-state index in [2.05, 4.69) is 4.98 Å². The lowest BCUT2D eigenvalue weighted by Gasteiger charge is -2.01. The van der Waals surface area contributed by atoms with Gasteiger partial charge in [0.25, 0.3) is 0 Å². The molecule has 1 aromatic heterocycles. The normalized spacial score (nSPS) is 10.3. The average molecular weight is 266 g/mol. The number of hydrogen-bond acceptors (Lipinski definition) is 5. The van der Waals surface area contributed by atoms with Crippen LogP contribution in [0.5, 0.6) is 0 Å². The molecule has 1 heterocycles. The van der Waals surface area contributed by atoms with E-state index in [0.717, 1.165) is 0 Å². The molecule has 0 aliphatic heterocycles. The first-order valence-electron chi connectivity index (χ1n) is 5.30. The second-order valence-electron chi connectivity index (χ2n) is 3.49. The third-order valence-corrected chi connectivity index (χ3v) is 3.11. The monoisotopic (exact) mass is 266 g/mol. The van der Waals surface area contributed by atoms with Crippen molar-refractivity contribution in [2.45, 2.75) is 6.92 Å². The van der Waals surface area contributed by atoms with Gasteiger partial charge in [-0.05, 0) is 25.1 Å². The number of carbonyl (C=O) groups is 1. The minimum atomic E-state index is -0.472. The maximum atomic E-state index is 12.9. The molecule has 4 nitrogen and oxygen atoms in total. The number of nitrogen functional groups attached to an aromatic ring is 1. The van der Waals surface area contributed by atoms with Crippen LogP contribution in [0.15, 0.2) is 23.6 Å². The predicted octanol–water partition coefficient (Wildman–Crippen LogP) is 2.71. The van der Waals surface area contributed by atoms with Gasteiger partial charge < -0.3 is 10.5 Å². The molecule has 6 heteroatoms. The van der Waals surface area contributed by atoms with Crippen molar-refractivity contribution in [3.8, 4) is 10.6 Å². The summed E-state index contributed by atoms with van der Waals surface area (Å²) in [5.74, 6) is -0.876. The van der Waals surface area contributed by atoms with Crippen molar-refractivity contribution in [2.75, 3.05) is 12.3 Å². The molecule has 0 saturated heterocycles. The van der Waals surface area contributed by atoms with Crippen LogP contribution < -0.4 is 5.73 Å². The number of benzene rings is 1. The van der Waals surface area contributed by atoms with Crippen LogP contribution in [-0.4, -0.2) is 17.6 Å². The molecule has 18 heavy (non-hydrogen) atoms. The summed E-state index contributed by atoms with van der Waals surface area (Å²) >= 11 is 1.26. The maximum Gasteiger partial charge on any atom is 0.357 e. The van der Waals surface area contributed by atoms with Crippen molar-refractivity contribution in [2.24, 2.45) is 0 Å². The number of esters is 1. The van der Waals surface area contributed by atoms with Crippen LogP contribution in [0.1, 0.15) is 17.4 Å². The first-order valence-corrected chi connectivity index (χ1v) is 6.18. The van der Waals surface area contributed by atoms with Gasteiger partial charge in [-0.3, -0.25) is 0 Å². The van der Waals surface area contributed by atoms with Gasteiger partial charge in [0.2, 0.25) is 0 Å². The molecule has 1 aromatic carbocycles. The number of hydrogen-bond donors (Lipinski definition) is 1. The van der Waals surface area contributed by atoms with E-state index < -0.39 is 11.8 Å². The number of anilines is 1. The van der Waals surface area contributed by atoms with Gasteiger partial charge in [0, 0.05) is 16.6 Å². The fraction of sp³-hybridized carbons (Fsp3) is 0.167. The molecule has 0 radical (unpaired) electrons. The minimum absolute atomic E-state index is 0.237. The summed E-state index contributed by atoms with van der Waals surface area (Å²) in [6, 6.07) is 4.07. The van der Waals surface area contributed by atoms with E-state index in [0.29, 0.717) is 22.9 Å². The van der Waals surface area contributed by atoms with Crippen LogP contribution in [0.2, 0.25) is 0 Å². The second kappa shape index (κ2) is 5.14. The van der Waals surface area contributed by atoms with E-state index in [9.17, 15) is 9.18 Å². The van der Waals surface area contributed by atoms with Crippen molar-refractivity contribution in [3.63, 3.8) is 0 Å². The average Bonchev–Trinajstić information content (AvgIpc) is 2.78. The van der Waals surface area contributed by atoms with Crippen molar-refractivity contribution in [1.29, 1.82) is 0 Å². The van der Waals surface area contributed by atoms with Gasteiger partial charge in [-0.2, -0.15) is 0 Å². The van der Waals surface area contributed by atoms with E-state index in [1.807, 2.05) is 0 Å². The second-order valence-corrected chi connectivity index (χ2v) is 4.35. The lowest BCUT2D eigenvalue weighted by molar-refractivity contribution is 0.0520. The molecule has 0 amide bonds. The van der Waals surface area contributed by atoms with Crippen LogP contribution >= 0.6 is 11.3 Å². The summed E-state index contributed by atoms with van der Waals surface area (Å²) in [6.45, 7) is 2.02. The van der Waals surface area contributed by atoms with Gasteiger partial charge >= 0.3 is 5.97 Å². The van der Waals surface area contributed by atoms with E-state index in [1.54, 1.807) is 18.4 Å². The minimum Gasteiger partial charge on any atom is -0.461 e. The van der Waals surface area contributed by atoms with Gasteiger partial charge in [0.15, 0.2) is 5.69 Å². The Morgan fingerprint density at radius 2 is 2.33 bits per heavy atom. The molecule has 0 spiro atoms. The van der Waals surface area contributed by atoms with Gasteiger partial charge in [0.1, 0.15) is 10.8 Å². The first-order chi connectivity index (χ1) is 8.61. The van der Waals surface area contributed by atoms with Crippen LogP contribution in [0.4, 0.5) is 10.1 Å². The molecular formula is C12H11FN2O2S. The quantitative estimate of drug-likeness (QED) is 0.685. The molecule has 0 aliphatic rings. The third kappa shape index (κ3) is 2.48. The molecule has 0 unspecified atom stereocenters. The molecule has 94 valence electrons. The smallest absolute Gasteiger partial charge is 0.357 e. The molecule has 0 atom stereocenters. The van der Waals surface area contributed by atoms with E-state index in [-0.39, 0.29) is 5.69 Å². The number of ether oxygens (including phenoxy) is 1. The molecule has 2 rings (SSSR count). The van der Waals surface area contributed by atoms with Crippen LogP contribution in [-0.2, 0) is 4.74 Å². The fourth-order valence-electron chi connectivity index (χ4n) is 1.42. The number of nitrogens with zero attached hydrogens (tertiary/aromatic N) is 1. The zero-order valence-electron chi connectivity index (χ0n) is 9.64. The predicted molar refractivity (Wildman–Crippen MR) is 67.9 cm³/mol. The Balaban J connectivity index is 2.32. The number of rotatable bonds is 3. The Hall–Kier alpha value is -1.95. The lowest BCUT2D eigenvalue weighted by Crippen LogP contribution is -2.04. The summed E-state index contributed by atoms with van der Waals surface area (Å²) in [4.78, 5) is 15.6. The van der Waals surface area contributed by atoms with Crippen LogP contribution in [0.25, 0.3) is 10.6 Å². The van der Waals surface area contributed by atoms with Crippen molar-refractivity contribution in [3.05, 3.63) is 35.1 Å². The SMILES string of the molecule is CCOC(=O)c1csc(-c2ccc(F)cc2N)n1. The van der Waals surface area contributed by atoms with Crippen LogP contribution in [0.3, 0.4) is 0 Å². The number of halogens is 1. The number of thiazole rings is 1. The highest BCUT2D eigenvalue weighted by molar-refractivity contribution is 7.13. The fourth-order valence-corrected chi connectivity index (χ4v) is 2.26. The molecule has 0 aliphatic carbocycles. The Kier molecular flexibility index (Phi) is 3.57. The summed E-state index contributed by atoms with van der Waals surface area (Å²) < 4.78 is 17.8. The third-order valence-electron chi connectivity index (χ3n) is 2.23. The highest BCUT2D eigenvalue weighted by atomic mass is 32.1. The maximum absolute atomic E-state index is 12.9. The standard InChI is InChI=1S/C12H11FN2O2S/c1-2-17-12(16)10-6-18-11(15-10)8-4-3-7(13)5-9(8)14/h3-6H,2,14H2,1H3. The Morgan fingerprint density at radius 3 is 3.00 bits per heavy atom. The molecular weight excluding hydrogens is 255 g/mol. The summed E-state index contributed by atoms with van der Waals surface area (Å²) in [5.41, 5.74) is 6.84. The molecule has 0 fully saturated rings. The van der Waals surface area contributed by atoms with E-state index >= 15 is 0 Å². The number of carbonyl (C=O) groups excluding carboxylic acids is 1. The van der Waals surface area contributed by atoms with Crippen LogP contribution in [0, 0.1) is 5.82 Å². The van der Waals surface area contributed by atoms with Crippen molar-refractivity contribution in [1.82, 2.24) is 4.98 Å². The Bertz CT molecular complexity index is 583. The molecule has 0 saturated carbocycles. The van der Waals surface area contributed by atoms with Gasteiger partial charge in [-0.1, -0.05) is 0 Å². The number of aromatic nitrogens is 1. The van der Waals surface area contributed by atoms with Gasteiger partial charge in [-0.25, -0.2) is 14.2 Å². The van der Waals surface area contributed by atoms with Gasteiger partial charge in [0.05, 0.1) is 6.61 Å². The first kappa shape index (κ1) is 12.5. The van der Waals surface area contributed by atoms with Crippen molar-refractivity contribution >= 4 is 23.0 Å². The summed E-state index contributed by atoms with van der Waals surface area (Å²) in [7, 11) is 0. The zero-order valence-corrected chi connectivity index (χ0v) is 10.5. The highest BCUT2D eigenvalue weighted by Gasteiger charge is 2.14. The largest absolute Gasteiger partial charge is 0.461 e. The molecule has 2 aromatic rings. The summed E-state index contributed by atoms with van der Waals surface area (Å²) in [6.07, 6.45) is 0. The number of nitrogens with two attached hydrogens (primary N) is 1. The van der Waals surface area contributed by atoms with Crippen molar-refractivity contribution < 1.29 is 13.9 Å². The Morgan fingerprint density at radius 1 is 1.56 bits per heavy atom. The lowest BCUT2D eigenvalue weighted by atomic mass is 10.2. The highest BCUT2D eigenvalue weighted by Crippen LogP contribution is 2.29. The van der Waals surface area contributed by atoms with E-state index in [1.165, 1.54) is 23.5 Å².